The Balaban J connectivity index is 2.08. The van der Waals surface area contributed by atoms with Crippen molar-refractivity contribution in [2.45, 2.75) is 44.6 Å². The molecule has 17 heavy (non-hydrogen) atoms. The molecular weight excluding hydrogens is 212 g/mol. The Morgan fingerprint density at radius 1 is 1.59 bits per heavy atom. The Morgan fingerprint density at radius 3 is 3.18 bits per heavy atom. The van der Waals surface area contributed by atoms with Gasteiger partial charge < -0.3 is 10.4 Å². The van der Waals surface area contributed by atoms with Crippen molar-refractivity contribution in [3.05, 3.63) is 29.6 Å². The van der Waals surface area contributed by atoms with Gasteiger partial charge in [0.15, 0.2) is 0 Å². The number of aryl methyl sites for hydroxylation is 1. The van der Waals surface area contributed by atoms with Gasteiger partial charge in [0.25, 0.3) is 0 Å². The number of rotatable bonds is 5. The van der Waals surface area contributed by atoms with Crippen LogP contribution in [0.1, 0.15) is 43.9 Å². The van der Waals surface area contributed by atoms with E-state index in [2.05, 4.69) is 23.3 Å². The zero-order valence-electron chi connectivity index (χ0n) is 10.7. The molecule has 1 aliphatic rings. The minimum absolute atomic E-state index is 0.169. The highest BCUT2D eigenvalue weighted by molar-refractivity contribution is 5.31. The van der Waals surface area contributed by atoms with E-state index in [1.54, 1.807) is 0 Å². The van der Waals surface area contributed by atoms with E-state index in [4.69, 9.17) is 0 Å². The number of nitrogens with one attached hydrogen (secondary N) is 1. The summed E-state index contributed by atoms with van der Waals surface area (Å²) in [4.78, 5) is 4.45. The minimum Gasteiger partial charge on any atom is -0.388 e. The lowest BCUT2D eigenvalue weighted by Crippen LogP contribution is -2.42. The van der Waals surface area contributed by atoms with Crippen LogP contribution in [0.25, 0.3) is 0 Å². The molecule has 0 amide bonds. The molecule has 0 saturated heterocycles. The molecule has 2 rings (SSSR count). The Hall–Kier alpha value is -0.930. The van der Waals surface area contributed by atoms with E-state index >= 15 is 0 Å². The molecule has 3 heteroatoms. The van der Waals surface area contributed by atoms with Crippen LogP contribution in [0.15, 0.2) is 18.3 Å². The molecule has 2 N–H and O–H groups in total. The van der Waals surface area contributed by atoms with E-state index in [0.29, 0.717) is 6.54 Å². The van der Waals surface area contributed by atoms with Crippen LogP contribution in [0.5, 0.6) is 0 Å². The monoisotopic (exact) mass is 234 g/mol. The molecule has 0 saturated carbocycles. The number of hydrogen-bond donors (Lipinski definition) is 2. The van der Waals surface area contributed by atoms with Crippen LogP contribution in [-0.2, 0) is 6.42 Å². The average molecular weight is 234 g/mol. The second-order valence-corrected chi connectivity index (χ2v) is 5.17. The molecule has 0 aliphatic heterocycles. The molecule has 2 atom stereocenters. The SMILES string of the molecule is CCCNCC(C)(O)C1CCc2cccnc21. The Labute approximate surface area is 103 Å². The van der Waals surface area contributed by atoms with Crippen LogP contribution in [-0.4, -0.2) is 28.8 Å². The van der Waals surface area contributed by atoms with E-state index in [0.717, 1.165) is 31.5 Å². The summed E-state index contributed by atoms with van der Waals surface area (Å²) in [5.41, 5.74) is 1.69. The van der Waals surface area contributed by atoms with E-state index in [1.165, 1.54) is 5.56 Å². The summed E-state index contributed by atoms with van der Waals surface area (Å²) in [7, 11) is 0. The van der Waals surface area contributed by atoms with Crippen molar-refractivity contribution in [2.24, 2.45) is 0 Å². The van der Waals surface area contributed by atoms with E-state index in [1.807, 2.05) is 19.2 Å². The topological polar surface area (TPSA) is 45.1 Å². The molecule has 0 aromatic carbocycles. The number of aromatic nitrogens is 1. The van der Waals surface area contributed by atoms with Gasteiger partial charge in [-0.1, -0.05) is 13.0 Å². The first kappa shape index (κ1) is 12.5. The number of fused-ring (bicyclic) bond motifs is 1. The molecule has 3 nitrogen and oxygen atoms in total. The van der Waals surface area contributed by atoms with Crippen LogP contribution in [0, 0.1) is 0 Å². The van der Waals surface area contributed by atoms with Crippen molar-refractivity contribution in [3.63, 3.8) is 0 Å². The predicted molar refractivity (Wildman–Crippen MR) is 69.1 cm³/mol. The molecular formula is C14H22N2O. The van der Waals surface area contributed by atoms with Crippen molar-refractivity contribution < 1.29 is 5.11 Å². The first-order valence-corrected chi connectivity index (χ1v) is 6.52. The van der Waals surface area contributed by atoms with Gasteiger partial charge in [0.1, 0.15) is 0 Å². The smallest absolute Gasteiger partial charge is 0.0826 e. The Morgan fingerprint density at radius 2 is 2.41 bits per heavy atom. The van der Waals surface area contributed by atoms with Gasteiger partial charge in [0.2, 0.25) is 0 Å². The first-order valence-electron chi connectivity index (χ1n) is 6.52. The molecule has 94 valence electrons. The van der Waals surface area contributed by atoms with Crippen molar-refractivity contribution in [1.29, 1.82) is 0 Å². The lowest BCUT2D eigenvalue weighted by molar-refractivity contribution is 0.0301. The second-order valence-electron chi connectivity index (χ2n) is 5.17. The van der Waals surface area contributed by atoms with E-state index in [9.17, 15) is 5.11 Å². The van der Waals surface area contributed by atoms with Gasteiger partial charge in [0.05, 0.1) is 5.60 Å². The fourth-order valence-electron chi connectivity index (χ4n) is 2.66. The second kappa shape index (κ2) is 5.15. The highest BCUT2D eigenvalue weighted by Crippen LogP contribution is 2.38. The lowest BCUT2D eigenvalue weighted by Gasteiger charge is -2.30. The molecule has 1 heterocycles. The fraction of sp³-hybridized carbons (Fsp3) is 0.643. The van der Waals surface area contributed by atoms with Crippen LogP contribution in [0.4, 0.5) is 0 Å². The summed E-state index contributed by atoms with van der Waals surface area (Å²) < 4.78 is 0. The normalized spacial score (nSPS) is 22.2. The zero-order chi connectivity index (χ0) is 12.3. The third-order valence-corrected chi connectivity index (χ3v) is 3.62. The summed E-state index contributed by atoms with van der Waals surface area (Å²) in [6.07, 6.45) is 4.97. The number of pyridine rings is 1. The summed E-state index contributed by atoms with van der Waals surface area (Å²) in [6, 6.07) is 4.10. The highest BCUT2D eigenvalue weighted by atomic mass is 16.3. The van der Waals surface area contributed by atoms with Crippen LogP contribution in [0.3, 0.4) is 0 Å². The van der Waals surface area contributed by atoms with Crippen molar-refractivity contribution in [2.75, 3.05) is 13.1 Å². The lowest BCUT2D eigenvalue weighted by atomic mass is 9.87. The van der Waals surface area contributed by atoms with Crippen molar-refractivity contribution >= 4 is 0 Å². The van der Waals surface area contributed by atoms with Gasteiger partial charge >= 0.3 is 0 Å². The molecule has 1 aliphatic carbocycles. The van der Waals surface area contributed by atoms with Gasteiger partial charge in [-0.2, -0.15) is 0 Å². The first-order chi connectivity index (χ1) is 8.15. The van der Waals surface area contributed by atoms with Crippen LogP contribution in [0.2, 0.25) is 0 Å². The average Bonchev–Trinajstić information content (AvgIpc) is 2.73. The Bertz CT molecular complexity index is 376. The molecule has 0 radical (unpaired) electrons. The number of aliphatic hydroxyl groups is 1. The molecule has 0 fully saturated rings. The predicted octanol–water partition coefficient (Wildman–Crippen LogP) is 1.86. The van der Waals surface area contributed by atoms with Crippen molar-refractivity contribution in [1.82, 2.24) is 10.3 Å². The van der Waals surface area contributed by atoms with Crippen LogP contribution < -0.4 is 5.32 Å². The molecule has 0 bridgehead atoms. The largest absolute Gasteiger partial charge is 0.388 e. The maximum absolute atomic E-state index is 10.6. The molecule has 0 spiro atoms. The van der Waals surface area contributed by atoms with Gasteiger partial charge in [-0.15, -0.1) is 0 Å². The van der Waals surface area contributed by atoms with E-state index < -0.39 is 5.60 Å². The minimum atomic E-state index is -0.700. The van der Waals surface area contributed by atoms with Gasteiger partial charge in [-0.05, 0) is 44.4 Å². The molecule has 2 unspecified atom stereocenters. The summed E-state index contributed by atoms with van der Waals surface area (Å²) in [5.74, 6) is 0.169. The van der Waals surface area contributed by atoms with Crippen LogP contribution >= 0.6 is 0 Å². The van der Waals surface area contributed by atoms with Gasteiger partial charge in [0, 0.05) is 24.4 Å². The maximum Gasteiger partial charge on any atom is 0.0826 e. The Kier molecular flexibility index (Phi) is 3.79. The standard InChI is InChI=1S/C14H22N2O/c1-3-8-15-10-14(2,17)12-7-6-11-5-4-9-16-13(11)12/h4-5,9,12,15,17H,3,6-8,10H2,1-2H3. The quantitative estimate of drug-likeness (QED) is 0.764. The zero-order valence-corrected chi connectivity index (χ0v) is 10.7. The van der Waals surface area contributed by atoms with Gasteiger partial charge in [-0.3, -0.25) is 4.98 Å². The third kappa shape index (κ3) is 2.67. The summed E-state index contributed by atoms with van der Waals surface area (Å²) in [6.45, 7) is 5.65. The summed E-state index contributed by atoms with van der Waals surface area (Å²) in [5, 5.41) is 13.9. The third-order valence-electron chi connectivity index (χ3n) is 3.62. The van der Waals surface area contributed by atoms with Crippen molar-refractivity contribution in [3.8, 4) is 0 Å². The maximum atomic E-state index is 10.6. The van der Waals surface area contributed by atoms with E-state index in [-0.39, 0.29) is 5.92 Å². The molecule has 1 aromatic heterocycles. The highest BCUT2D eigenvalue weighted by Gasteiger charge is 2.38. The molecule has 1 aromatic rings. The van der Waals surface area contributed by atoms with Gasteiger partial charge in [-0.25, -0.2) is 0 Å². The number of hydrogen-bond acceptors (Lipinski definition) is 3. The number of nitrogens with zero attached hydrogens (tertiary/aromatic N) is 1. The summed E-state index contributed by atoms with van der Waals surface area (Å²) >= 11 is 0. The fourth-order valence-corrected chi connectivity index (χ4v) is 2.66.